The first-order valence-corrected chi connectivity index (χ1v) is 9.99. The summed E-state index contributed by atoms with van der Waals surface area (Å²) >= 11 is 5.05. The summed E-state index contributed by atoms with van der Waals surface area (Å²) in [4.78, 5) is 24.3. The lowest BCUT2D eigenvalue weighted by Gasteiger charge is -2.13. The average molecular weight is 430 g/mol. The fraction of sp³-hybridized carbons (Fsp3) is 0.318. The fourth-order valence-electron chi connectivity index (χ4n) is 2.38. The molecule has 0 aromatic heterocycles. The van der Waals surface area contributed by atoms with Gasteiger partial charge in [0.25, 0.3) is 11.8 Å². The summed E-state index contributed by atoms with van der Waals surface area (Å²) in [6.07, 6.45) is 0. The van der Waals surface area contributed by atoms with E-state index in [0.29, 0.717) is 29.6 Å². The number of hydrogen-bond acceptors (Lipinski definition) is 5. The van der Waals surface area contributed by atoms with Crippen molar-refractivity contribution < 1.29 is 19.1 Å². The Labute approximate surface area is 182 Å². The Morgan fingerprint density at radius 1 is 1.03 bits per heavy atom. The van der Waals surface area contributed by atoms with E-state index in [1.54, 1.807) is 30.3 Å². The molecule has 0 atom stereocenters. The summed E-state index contributed by atoms with van der Waals surface area (Å²) in [5.41, 5.74) is 7.33. The molecular formula is C22H27N3O4S. The first kappa shape index (κ1) is 23.2. The maximum Gasteiger partial charge on any atom is 0.276 e. The number of thiocarbonyl (C=S) groups is 1. The minimum atomic E-state index is -0.434. The zero-order chi connectivity index (χ0) is 22.1. The highest BCUT2D eigenvalue weighted by molar-refractivity contribution is 7.80. The van der Waals surface area contributed by atoms with Crippen LogP contribution in [0.25, 0.3) is 0 Å². The molecule has 0 radical (unpaired) electrons. The molecule has 3 N–H and O–H groups in total. The van der Waals surface area contributed by atoms with Crippen molar-refractivity contribution in [3.8, 4) is 11.5 Å². The van der Waals surface area contributed by atoms with E-state index in [1.165, 1.54) is 0 Å². The van der Waals surface area contributed by atoms with E-state index in [1.807, 2.05) is 39.8 Å². The van der Waals surface area contributed by atoms with Crippen LogP contribution >= 0.6 is 12.2 Å². The average Bonchev–Trinajstić information content (AvgIpc) is 2.72. The van der Waals surface area contributed by atoms with E-state index in [-0.39, 0.29) is 11.7 Å². The van der Waals surface area contributed by atoms with E-state index < -0.39 is 11.8 Å². The molecule has 8 heteroatoms. The molecule has 0 heterocycles. The Balaban J connectivity index is 1.78. The lowest BCUT2D eigenvalue weighted by molar-refractivity contribution is -0.123. The van der Waals surface area contributed by atoms with Gasteiger partial charge in [-0.1, -0.05) is 32.0 Å². The summed E-state index contributed by atoms with van der Waals surface area (Å²) in [5.74, 6) is 0.773. The maximum atomic E-state index is 12.3. The third-order valence-electron chi connectivity index (χ3n) is 4.14. The van der Waals surface area contributed by atoms with Crippen LogP contribution in [0.15, 0.2) is 42.5 Å². The first-order valence-electron chi connectivity index (χ1n) is 9.58. The highest BCUT2D eigenvalue weighted by atomic mass is 32.1. The zero-order valence-corrected chi connectivity index (χ0v) is 18.4. The van der Waals surface area contributed by atoms with Gasteiger partial charge in [-0.05, 0) is 67.4 Å². The van der Waals surface area contributed by atoms with Gasteiger partial charge in [0, 0.05) is 5.56 Å². The zero-order valence-electron chi connectivity index (χ0n) is 17.6. The molecule has 0 spiro atoms. The molecule has 0 aliphatic heterocycles. The largest absolute Gasteiger partial charge is 0.493 e. The van der Waals surface area contributed by atoms with Crippen molar-refractivity contribution in [2.75, 3.05) is 13.2 Å². The quantitative estimate of drug-likeness (QED) is 0.463. The molecule has 0 bridgehead atoms. The summed E-state index contributed by atoms with van der Waals surface area (Å²) in [7, 11) is 0. The predicted molar refractivity (Wildman–Crippen MR) is 120 cm³/mol. The van der Waals surface area contributed by atoms with Crippen molar-refractivity contribution in [3.05, 3.63) is 59.2 Å². The normalized spacial score (nSPS) is 10.3. The van der Waals surface area contributed by atoms with Gasteiger partial charge in [-0.15, -0.1) is 0 Å². The monoisotopic (exact) mass is 429 g/mol. The van der Waals surface area contributed by atoms with Gasteiger partial charge in [-0.2, -0.15) is 0 Å². The van der Waals surface area contributed by atoms with Crippen LogP contribution in [0.1, 0.15) is 35.3 Å². The van der Waals surface area contributed by atoms with Crippen molar-refractivity contribution in [1.29, 1.82) is 0 Å². The van der Waals surface area contributed by atoms with Gasteiger partial charge >= 0.3 is 0 Å². The summed E-state index contributed by atoms with van der Waals surface area (Å²) in [6, 6.07) is 12.4. The van der Waals surface area contributed by atoms with E-state index >= 15 is 0 Å². The molecule has 0 saturated heterocycles. The summed E-state index contributed by atoms with van der Waals surface area (Å²) in [5, 5.41) is 2.47. The van der Waals surface area contributed by atoms with Gasteiger partial charge in [0.05, 0.1) is 6.61 Å². The maximum absolute atomic E-state index is 12.3. The number of amides is 2. The Hall–Kier alpha value is -3.13. The van der Waals surface area contributed by atoms with Crippen LogP contribution in [0.4, 0.5) is 0 Å². The summed E-state index contributed by atoms with van der Waals surface area (Å²) in [6.45, 7) is 8.35. The van der Waals surface area contributed by atoms with Crippen LogP contribution in [-0.4, -0.2) is 30.1 Å². The van der Waals surface area contributed by atoms with E-state index in [9.17, 15) is 9.59 Å². The van der Waals surface area contributed by atoms with Gasteiger partial charge in [-0.25, -0.2) is 0 Å². The Morgan fingerprint density at radius 3 is 2.50 bits per heavy atom. The molecule has 2 aromatic carbocycles. The molecule has 2 rings (SSSR count). The van der Waals surface area contributed by atoms with Gasteiger partial charge in [0.2, 0.25) is 0 Å². The van der Waals surface area contributed by atoms with Gasteiger partial charge in [0.15, 0.2) is 11.7 Å². The predicted octanol–water partition coefficient (Wildman–Crippen LogP) is 3.05. The molecule has 0 unspecified atom stereocenters. The number of hydrogen-bond donors (Lipinski definition) is 3. The Morgan fingerprint density at radius 2 is 1.77 bits per heavy atom. The molecule has 30 heavy (non-hydrogen) atoms. The smallest absolute Gasteiger partial charge is 0.276 e. The van der Waals surface area contributed by atoms with Crippen LogP contribution in [0.2, 0.25) is 0 Å². The second-order valence-electron chi connectivity index (χ2n) is 7.18. The van der Waals surface area contributed by atoms with Crippen molar-refractivity contribution in [3.63, 3.8) is 0 Å². The second kappa shape index (κ2) is 11.2. The highest BCUT2D eigenvalue weighted by Crippen LogP contribution is 2.20. The topological polar surface area (TPSA) is 88.7 Å². The number of aryl methyl sites for hydroxylation is 1. The third-order valence-corrected chi connectivity index (χ3v) is 4.34. The standard InChI is InChI=1S/C22H27N3O4S/c1-14(2)12-28-18-9-6-8-17(11-18)21(27)23-22(30)25-24-20(26)13-29-19-10-5-7-15(3)16(19)4/h5-11,14H,12-13H2,1-4H3,(H,24,26)(H2,23,25,27,30). The molecule has 160 valence electrons. The molecule has 0 fully saturated rings. The first-order chi connectivity index (χ1) is 14.3. The van der Waals surface area contributed by atoms with Crippen molar-refractivity contribution in [1.82, 2.24) is 16.2 Å². The number of ether oxygens (including phenoxy) is 2. The molecule has 2 aromatic rings. The lowest BCUT2D eigenvalue weighted by atomic mass is 10.1. The molecule has 7 nitrogen and oxygen atoms in total. The summed E-state index contributed by atoms with van der Waals surface area (Å²) < 4.78 is 11.1. The molecular weight excluding hydrogens is 402 g/mol. The minimum Gasteiger partial charge on any atom is -0.493 e. The number of carbonyl (C=O) groups excluding carboxylic acids is 2. The van der Waals surface area contributed by atoms with E-state index in [2.05, 4.69) is 16.2 Å². The number of nitrogens with one attached hydrogen (secondary N) is 3. The van der Waals surface area contributed by atoms with Crippen molar-refractivity contribution in [2.24, 2.45) is 5.92 Å². The van der Waals surface area contributed by atoms with Crippen LogP contribution < -0.4 is 25.6 Å². The van der Waals surface area contributed by atoms with Crippen LogP contribution in [-0.2, 0) is 4.79 Å². The Bertz CT molecular complexity index is 915. The highest BCUT2D eigenvalue weighted by Gasteiger charge is 2.11. The van der Waals surface area contributed by atoms with Gasteiger partial charge in [0.1, 0.15) is 11.5 Å². The number of rotatable bonds is 7. The van der Waals surface area contributed by atoms with Crippen LogP contribution in [0.3, 0.4) is 0 Å². The van der Waals surface area contributed by atoms with Gasteiger partial charge in [-0.3, -0.25) is 25.8 Å². The number of carbonyl (C=O) groups is 2. The van der Waals surface area contributed by atoms with Crippen molar-refractivity contribution in [2.45, 2.75) is 27.7 Å². The molecule has 0 aliphatic rings. The van der Waals surface area contributed by atoms with Gasteiger partial charge < -0.3 is 9.47 Å². The van der Waals surface area contributed by atoms with Crippen molar-refractivity contribution >= 4 is 29.1 Å². The molecule has 2 amide bonds. The lowest BCUT2D eigenvalue weighted by Crippen LogP contribution is -2.49. The van der Waals surface area contributed by atoms with Crippen LogP contribution in [0, 0.1) is 19.8 Å². The van der Waals surface area contributed by atoms with E-state index in [0.717, 1.165) is 11.1 Å². The molecule has 0 saturated carbocycles. The number of benzene rings is 2. The van der Waals surface area contributed by atoms with Crippen LogP contribution in [0.5, 0.6) is 11.5 Å². The fourth-order valence-corrected chi connectivity index (χ4v) is 2.53. The minimum absolute atomic E-state index is 0.0337. The second-order valence-corrected chi connectivity index (χ2v) is 7.58. The number of hydrazine groups is 1. The third kappa shape index (κ3) is 7.36. The van der Waals surface area contributed by atoms with E-state index in [4.69, 9.17) is 21.7 Å². The molecule has 0 aliphatic carbocycles. The SMILES string of the molecule is Cc1cccc(OCC(=O)NNC(=S)NC(=O)c2cccc(OCC(C)C)c2)c1C. The Kier molecular flexibility index (Phi) is 8.61.